The molecule has 0 aliphatic carbocycles. The number of nitrogens with zero attached hydrogens (tertiary/aromatic N) is 3. The van der Waals surface area contributed by atoms with Crippen molar-refractivity contribution in [3.8, 4) is 22.9 Å². The van der Waals surface area contributed by atoms with Crippen LogP contribution in [0.25, 0.3) is 16.8 Å². The van der Waals surface area contributed by atoms with Crippen molar-refractivity contribution in [2.45, 2.75) is 13.0 Å². The Kier molecular flexibility index (Phi) is 5.11. The summed E-state index contributed by atoms with van der Waals surface area (Å²) in [5.74, 6) is -0.539. The van der Waals surface area contributed by atoms with Crippen molar-refractivity contribution in [3.05, 3.63) is 71.5 Å². The molecule has 2 aromatic carbocycles. The van der Waals surface area contributed by atoms with E-state index in [0.717, 1.165) is 27.9 Å². The predicted molar refractivity (Wildman–Crippen MR) is 99.6 cm³/mol. The number of carbonyl (C=O) groups is 1. The highest BCUT2D eigenvalue weighted by Gasteiger charge is 2.14. The second-order valence-electron chi connectivity index (χ2n) is 5.92. The first-order valence-corrected chi connectivity index (χ1v) is 8.22. The number of nitrogens with two attached hydrogens (primary N) is 1. The maximum Gasteiger partial charge on any atom is 0.269 e. The van der Waals surface area contributed by atoms with E-state index in [1.165, 1.54) is 0 Å². The minimum Gasteiger partial charge on any atom is -0.364 e. The lowest BCUT2D eigenvalue weighted by Crippen LogP contribution is -2.16. The summed E-state index contributed by atoms with van der Waals surface area (Å²) >= 11 is 0. The average Bonchev–Trinajstić information content (AvgIpc) is 3.07. The van der Waals surface area contributed by atoms with Gasteiger partial charge in [0.15, 0.2) is 5.69 Å². The van der Waals surface area contributed by atoms with E-state index in [9.17, 15) is 4.79 Å². The Hall–Kier alpha value is -3.43. The van der Waals surface area contributed by atoms with Crippen LogP contribution in [0, 0.1) is 11.3 Å². The summed E-state index contributed by atoms with van der Waals surface area (Å²) in [5, 5.41) is 16.1. The molecule has 3 rings (SSSR count). The number of hydrogen-bond donors (Lipinski definition) is 2. The fraction of sp³-hybridized carbons (Fsp3) is 0.150. The third kappa shape index (κ3) is 3.63. The number of nitrogens with one attached hydrogen (secondary N) is 1. The van der Waals surface area contributed by atoms with Crippen LogP contribution in [0.3, 0.4) is 0 Å². The van der Waals surface area contributed by atoms with Gasteiger partial charge in [-0.2, -0.15) is 10.4 Å². The second-order valence-corrected chi connectivity index (χ2v) is 5.92. The molecule has 1 aromatic heterocycles. The number of carbonyl (C=O) groups excluding carboxylic acids is 1. The maximum atomic E-state index is 11.6. The van der Waals surface area contributed by atoms with Gasteiger partial charge in [-0.05, 0) is 35.9 Å². The topological polar surface area (TPSA) is 96.7 Å². The third-order valence-electron chi connectivity index (χ3n) is 4.09. The van der Waals surface area contributed by atoms with E-state index in [-0.39, 0.29) is 5.69 Å². The van der Waals surface area contributed by atoms with E-state index in [0.29, 0.717) is 13.0 Å². The Morgan fingerprint density at radius 1 is 1.15 bits per heavy atom. The first-order valence-electron chi connectivity index (χ1n) is 8.22. The van der Waals surface area contributed by atoms with E-state index in [2.05, 4.69) is 16.5 Å². The van der Waals surface area contributed by atoms with Gasteiger partial charge >= 0.3 is 0 Å². The first-order chi connectivity index (χ1) is 12.6. The molecule has 1 amide bonds. The lowest BCUT2D eigenvalue weighted by molar-refractivity contribution is 0.0994. The monoisotopic (exact) mass is 345 g/mol. The summed E-state index contributed by atoms with van der Waals surface area (Å²) < 4.78 is 1.66. The molecule has 0 saturated carbocycles. The van der Waals surface area contributed by atoms with Crippen LogP contribution in [-0.2, 0) is 13.0 Å². The molecule has 3 aromatic rings. The lowest BCUT2D eigenvalue weighted by Gasteiger charge is -2.05. The van der Waals surface area contributed by atoms with Crippen LogP contribution < -0.4 is 11.1 Å². The molecule has 6 heteroatoms. The molecular weight excluding hydrogens is 326 g/mol. The van der Waals surface area contributed by atoms with Gasteiger partial charge in [-0.25, -0.2) is 4.68 Å². The molecule has 130 valence electrons. The van der Waals surface area contributed by atoms with Crippen LogP contribution in [0.2, 0.25) is 0 Å². The zero-order valence-electron chi connectivity index (χ0n) is 14.4. The van der Waals surface area contributed by atoms with Gasteiger partial charge in [-0.3, -0.25) is 4.79 Å². The Morgan fingerprint density at radius 2 is 1.77 bits per heavy atom. The van der Waals surface area contributed by atoms with Gasteiger partial charge in [0.1, 0.15) is 0 Å². The number of amides is 1. The van der Waals surface area contributed by atoms with Crippen molar-refractivity contribution in [1.82, 2.24) is 15.1 Å². The Morgan fingerprint density at radius 3 is 2.31 bits per heavy atom. The Bertz CT molecular complexity index is 949. The van der Waals surface area contributed by atoms with Gasteiger partial charge in [-0.15, -0.1) is 0 Å². The predicted octanol–water partition coefficient (Wildman–Crippen LogP) is 2.42. The van der Waals surface area contributed by atoms with Crippen molar-refractivity contribution in [1.29, 1.82) is 5.26 Å². The smallest absolute Gasteiger partial charge is 0.269 e. The number of rotatable bonds is 6. The van der Waals surface area contributed by atoms with Crippen molar-refractivity contribution < 1.29 is 4.79 Å². The number of nitriles is 1. The van der Waals surface area contributed by atoms with Gasteiger partial charge in [0, 0.05) is 18.3 Å². The zero-order valence-corrected chi connectivity index (χ0v) is 14.4. The van der Waals surface area contributed by atoms with Gasteiger partial charge in [-0.1, -0.05) is 36.4 Å². The van der Waals surface area contributed by atoms with Crippen molar-refractivity contribution in [3.63, 3.8) is 0 Å². The fourth-order valence-corrected chi connectivity index (χ4v) is 2.78. The molecule has 0 aliphatic rings. The Balaban J connectivity index is 1.86. The number of aromatic nitrogens is 2. The first kappa shape index (κ1) is 17.4. The molecule has 26 heavy (non-hydrogen) atoms. The molecule has 6 nitrogen and oxygen atoms in total. The van der Waals surface area contributed by atoms with E-state index in [4.69, 9.17) is 11.0 Å². The van der Waals surface area contributed by atoms with Crippen molar-refractivity contribution >= 4 is 5.91 Å². The normalized spacial score (nSPS) is 10.5. The minimum absolute atomic E-state index is 0.275. The Labute approximate surface area is 151 Å². The molecule has 0 atom stereocenters. The van der Waals surface area contributed by atoms with E-state index in [1.807, 2.05) is 54.7 Å². The van der Waals surface area contributed by atoms with Crippen molar-refractivity contribution in [2.75, 3.05) is 7.05 Å². The number of primary amides is 1. The molecule has 0 unspecified atom stereocenters. The van der Waals surface area contributed by atoms with Crippen LogP contribution in [0.5, 0.6) is 0 Å². The van der Waals surface area contributed by atoms with E-state index < -0.39 is 5.91 Å². The quantitative estimate of drug-likeness (QED) is 0.717. The molecule has 0 spiro atoms. The van der Waals surface area contributed by atoms with Crippen molar-refractivity contribution in [2.24, 2.45) is 5.73 Å². The molecule has 3 N–H and O–H groups in total. The van der Waals surface area contributed by atoms with Crippen LogP contribution in [0.15, 0.2) is 54.7 Å². The highest BCUT2D eigenvalue weighted by atomic mass is 16.1. The number of hydrogen-bond acceptors (Lipinski definition) is 4. The molecule has 0 saturated heterocycles. The van der Waals surface area contributed by atoms with Gasteiger partial charge in [0.2, 0.25) is 0 Å². The highest BCUT2D eigenvalue weighted by Crippen LogP contribution is 2.22. The lowest BCUT2D eigenvalue weighted by atomic mass is 10.0. The van der Waals surface area contributed by atoms with Gasteiger partial charge in [0.05, 0.1) is 18.2 Å². The van der Waals surface area contributed by atoms with E-state index in [1.54, 1.807) is 11.7 Å². The summed E-state index contributed by atoms with van der Waals surface area (Å²) in [5.41, 5.74) is 10.4. The van der Waals surface area contributed by atoms with Crippen LogP contribution >= 0.6 is 0 Å². The van der Waals surface area contributed by atoms with E-state index >= 15 is 0 Å². The molecular formula is C20H19N5O. The largest absolute Gasteiger partial charge is 0.364 e. The van der Waals surface area contributed by atoms with Gasteiger partial charge < -0.3 is 11.1 Å². The third-order valence-corrected chi connectivity index (χ3v) is 4.09. The maximum absolute atomic E-state index is 11.6. The molecule has 0 aliphatic heterocycles. The molecule has 0 fully saturated rings. The summed E-state index contributed by atoms with van der Waals surface area (Å²) in [7, 11) is 1.80. The van der Waals surface area contributed by atoms with Gasteiger partial charge in [0.25, 0.3) is 5.91 Å². The summed E-state index contributed by atoms with van der Waals surface area (Å²) in [6.45, 7) is 0.519. The minimum atomic E-state index is -0.539. The average molecular weight is 345 g/mol. The standard InChI is InChI=1S/C20H19N5O/c1-23-12-17-13-25(24-19(17)20(22)26)18-8-6-16(7-9-18)15-4-2-14(3-5-15)10-11-21/h2-9,13,23H,10,12H2,1H3,(H2,22,26). The summed E-state index contributed by atoms with van der Waals surface area (Å²) in [6.07, 6.45) is 2.22. The summed E-state index contributed by atoms with van der Waals surface area (Å²) in [4.78, 5) is 11.6. The SMILES string of the molecule is CNCc1cn(-c2ccc(-c3ccc(CC#N)cc3)cc2)nc1C(N)=O. The molecule has 0 bridgehead atoms. The van der Waals surface area contributed by atoms with Crippen LogP contribution in [0.4, 0.5) is 0 Å². The molecule has 0 radical (unpaired) electrons. The van der Waals surface area contributed by atoms with Crippen LogP contribution in [0.1, 0.15) is 21.6 Å². The van der Waals surface area contributed by atoms with Crippen LogP contribution in [-0.4, -0.2) is 22.7 Å². The second kappa shape index (κ2) is 7.64. The highest BCUT2D eigenvalue weighted by molar-refractivity contribution is 5.92. The number of benzene rings is 2. The zero-order chi connectivity index (χ0) is 18.5. The fourth-order valence-electron chi connectivity index (χ4n) is 2.78. The molecule has 1 heterocycles. The summed E-state index contributed by atoms with van der Waals surface area (Å²) in [6, 6.07) is 18.0.